The molecule has 1 rings (SSSR count). The van der Waals surface area contributed by atoms with Gasteiger partial charge in [0.15, 0.2) is 6.29 Å². The molecule has 0 aromatic heterocycles. The molecule has 0 aliphatic carbocycles. The summed E-state index contributed by atoms with van der Waals surface area (Å²) in [5, 5.41) is 0. The van der Waals surface area contributed by atoms with Crippen molar-refractivity contribution < 1.29 is 18.6 Å². The highest BCUT2D eigenvalue weighted by Gasteiger charge is 2.07. The highest BCUT2D eigenvalue weighted by Crippen LogP contribution is 2.18. The van der Waals surface area contributed by atoms with Gasteiger partial charge in [-0.1, -0.05) is 6.07 Å². The molecule has 0 fully saturated rings. The maximum absolute atomic E-state index is 12.9. The molecule has 0 atom stereocenters. The molecule has 0 unspecified atom stereocenters. The second-order valence-electron chi connectivity index (χ2n) is 3.12. The second kappa shape index (κ2) is 5.68. The van der Waals surface area contributed by atoms with Crippen molar-refractivity contribution in [1.82, 2.24) is 0 Å². The summed E-state index contributed by atoms with van der Waals surface area (Å²) in [7, 11) is 3.05. The zero-order valence-electron chi connectivity index (χ0n) is 9.12. The Balaban J connectivity index is 2.60. The first-order chi connectivity index (χ1) is 7.17. The SMILES string of the molecule is COC(COc1cc(F)ccc1C)OC. The van der Waals surface area contributed by atoms with E-state index in [2.05, 4.69) is 0 Å². The topological polar surface area (TPSA) is 27.7 Å². The van der Waals surface area contributed by atoms with Gasteiger partial charge in [0.2, 0.25) is 0 Å². The number of benzene rings is 1. The molecule has 0 saturated heterocycles. The molecule has 1 aromatic rings. The fraction of sp³-hybridized carbons (Fsp3) is 0.455. The van der Waals surface area contributed by atoms with Gasteiger partial charge in [-0.25, -0.2) is 4.39 Å². The minimum Gasteiger partial charge on any atom is -0.488 e. The van der Waals surface area contributed by atoms with E-state index in [1.807, 2.05) is 6.92 Å². The van der Waals surface area contributed by atoms with Crippen molar-refractivity contribution in [2.75, 3.05) is 20.8 Å². The van der Waals surface area contributed by atoms with Gasteiger partial charge in [0, 0.05) is 20.3 Å². The molecule has 0 radical (unpaired) electrons. The van der Waals surface area contributed by atoms with Gasteiger partial charge < -0.3 is 14.2 Å². The van der Waals surface area contributed by atoms with E-state index in [4.69, 9.17) is 14.2 Å². The molecular weight excluding hydrogens is 199 g/mol. The third-order valence-corrected chi connectivity index (χ3v) is 2.05. The van der Waals surface area contributed by atoms with Crippen LogP contribution in [0, 0.1) is 12.7 Å². The third-order valence-electron chi connectivity index (χ3n) is 2.05. The fourth-order valence-corrected chi connectivity index (χ4v) is 1.12. The van der Waals surface area contributed by atoms with E-state index < -0.39 is 6.29 Å². The van der Waals surface area contributed by atoms with Crippen molar-refractivity contribution in [3.8, 4) is 5.75 Å². The van der Waals surface area contributed by atoms with Crippen molar-refractivity contribution in [3.63, 3.8) is 0 Å². The van der Waals surface area contributed by atoms with Crippen molar-refractivity contribution in [3.05, 3.63) is 29.6 Å². The third kappa shape index (κ3) is 3.49. The predicted octanol–water partition coefficient (Wildman–Crippen LogP) is 2.13. The maximum Gasteiger partial charge on any atom is 0.191 e. The average Bonchev–Trinajstić information content (AvgIpc) is 2.24. The van der Waals surface area contributed by atoms with Gasteiger partial charge in [0.1, 0.15) is 18.2 Å². The number of hydrogen-bond acceptors (Lipinski definition) is 3. The van der Waals surface area contributed by atoms with Crippen molar-refractivity contribution >= 4 is 0 Å². The number of rotatable bonds is 5. The van der Waals surface area contributed by atoms with Crippen LogP contribution < -0.4 is 4.74 Å². The number of hydrogen-bond donors (Lipinski definition) is 0. The molecule has 0 spiro atoms. The average molecular weight is 214 g/mol. The van der Waals surface area contributed by atoms with Gasteiger partial charge >= 0.3 is 0 Å². The molecule has 1 aromatic carbocycles. The Labute approximate surface area is 88.8 Å². The smallest absolute Gasteiger partial charge is 0.191 e. The number of methoxy groups -OCH3 is 2. The Kier molecular flexibility index (Phi) is 4.52. The van der Waals surface area contributed by atoms with Gasteiger partial charge in [0.05, 0.1) is 0 Å². The first-order valence-corrected chi connectivity index (χ1v) is 4.62. The number of ether oxygens (including phenoxy) is 3. The van der Waals surface area contributed by atoms with E-state index in [1.165, 1.54) is 26.4 Å². The minimum absolute atomic E-state index is 0.233. The molecule has 0 amide bonds. The molecular formula is C11H15FO3. The van der Waals surface area contributed by atoms with Crippen LogP contribution in [0.15, 0.2) is 18.2 Å². The Morgan fingerprint density at radius 1 is 1.27 bits per heavy atom. The van der Waals surface area contributed by atoms with E-state index in [0.717, 1.165) is 5.56 Å². The van der Waals surface area contributed by atoms with Gasteiger partial charge in [-0.2, -0.15) is 0 Å². The van der Waals surface area contributed by atoms with Crippen LogP contribution in [0.2, 0.25) is 0 Å². The Morgan fingerprint density at radius 2 is 1.93 bits per heavy atom. The summed E-state index contributed by atoms with van der Waals surface area (Å²) < 4.78 is 28.2. The lowest BCUT2D eigenvalue weighted by Gasteiger charge is -2.15. The van der Waals surface area contributed by atoms with E-state index in [-0.39, 0.29) is 12.4 Å². The van der Waals surface area contributed by atoms with Crippen molar-refractivity contribution in [1.29, 1.82) is 0 Å². The first kappa shape index (κ1) is 11.9. The number of aryl methyl sites for hydroxylation is 1. The molecule has 3 nitrogen and oxygen atoms in total. The van der Waals surface area contributed by atoms with Crippen LogP contribution in [0.5, 0.6) is 5.75 Å². The van der Waals surface area contributed by atoms with Gasteiger partial charge in [0.25, 0.3) is 0 Å². The molecule has 4 heteroatoms. The summed E-state index contributed by atoms with van der Waals surface area (Å²) in [6.45, 7) is 2.08. The van der Waals surface area contributed by atoms with E-state index in [9.17, 15) is 4.39 Å². The van der Waals surface area contributed by atoms with Gasteiger partial charge in [-0.3, -0.25) is 0 Å². The first-order valence-electron chi connectivity index (χ1n) is 4.62. The summed E-state index contributed by atoms with van der Waals surface area (Å²) in [6.07, 6.45) is -0.437. The Morgan fingerprint density at radius 3 is 2.53 bits per heavy atom. The van der Waals surface area contributed by atoms with Crippen LogP contribution in [0.3, 0.4) is 0 Å². The standard InChI is InChI=1S/C11H15FO3/c1-8-4-5-9(12)6-10(8)15-7-11(13-2)14-3/h4-6,11H,7H2,1-3H3. The minimum atomic E-state index is -0.437. The van der Waals surface area contributed by atoms with Gasteiger partial charge in [-0.15, -0.1) is 0 Å². The molecule has 0 heterocycles. The van der Waals surface area contributed by atoms with Crippen LogP contribution in [0.25, 0.3) is 0 Å². The molecule has 0 saturated carbocycles. The summed E-state index contributed by atoms with van der Waals surface area (Å²) in [5.74, 6) is 0.191. The molecule has 0 aliphatic heterocycles. The molecule has 0 bridgehead atoms. The largest absolute Gasteiger partial charge is 0.488 e. The van der Waals surface area contributed by atoms with E-state index in [1.54, 1.807) is 6.07 Å². The van der Waals surface area contributed by atoms with E-state index >= 15 is 0 Å². The summed E-state index contributed by atoms with van der Waals surface area (Å²) >= 11 is 0. The van der Waals surface area contributed by atoms with Crippen LogP contribution in [-0.2, 0) is 9.47 Å². The summed E-state index contributed by atoms with van der Waals surface area (Å²) in [6, 6.07) is 4.41. The van der Waals surface area contributed by atoms with Gasteiger partial charge in [-0.05, 0) is 18.6 Å². The summed E-state index contributed by atoms with van der Waals surface area (Å²) in [5.41, 5.74) is 0.877. The molecule has 0 aliphatic rings. The van der Waals surface area contributed by atoms with Crippen LogP contribution in [0.4, 0.5) is 4.39 Å². The second-order valence-corrected chi connectivity index (χ2v) is 3.12. The zero-order chi connectivity index (χ0) is 11.3. The maximum atomic E-state index is 12.9. The van der Waals surface area contributed by atoms with Crippen molar-refractivity contribution in [2.45, 2.75) is 13.2 Å². The fourth-order valence-electron chi connectivity index (χ4n) is 1.12. The monoisotopic (exact) mass is 214 g/mol. The zero-order valence-corrected chi connectivity index (χ0v) is 9.12. The normalized spacial score (nSPS) is 10.7. The lowest BCUT2D eigenvalue weighted by atomic mass is 10.2. The Hall–Kier alpha value is -1.13. The molecule has 0 N–H and O–H groups in total. The highest BCUT2D eigenvalue weighted by atomic mass is 19.1. The van der Waals surface area contributed by atoms with E-state index in [0.29, 0.717) is 5.75 Å². The predicted molar refractivity (Wildman–Crippen MR) is 54.4 cm³/mol. The highest BCUT2D eigenvalue weighted by molar-refractivity contribution is 5.32. The lowest BCUT2D eigenvalue weighted by Crippen LogP contribution is -2.22. The molecule has 15 heavy (non-hydrogen) atoms. The quantitative estimate of drug-likeness (QED) is 0.703. The lowest BCUT2D eigenvalue weighted by molar-refractivity contribution is -0.122. The summed E-state index contributed by atoms with van der Waals surface area (Å²) in [4.78, 5) is 0. The number of halogens is 1. The Bertz CT molecular complexity index is 311. The van der Waals surface area contributed by atoms with Crippen LogP contribution in [-0.4, -0.2) is 27.1 Å². The molecule has 84 valence electrons. The van der Waals surface area contributed by atoms with Crippen LogP contribution in [0.1, 0.15) is 5.56 Å². The van der Waals surface area contributed by atoms with Crippen LogP contribution >= 0.6 is 0 Å². The van der Waals surface area contributed by atoms with Crippen molar-refractivity contribution in [2.24, 2.45) is 0 Å².